The molecule has 3 atom stereocenters. The quantitative estimate of drug-likeness (QED) is 0.548. The normalized spacial score (nSPS) is 17.1. The monoisotopic (exact) mass is 214 g/mol. The predicted octanol–water partition coefficient (Wildman–Crippen LogP) is 3.42. The second-order valence-corrected chi connectivity index (χ2v) is 4.01. The Hall–Kier alpha value is -0.340. The first kappa shape index (κ1) is 14.7. The lowest BCUT2D eigenvalue weighted by atomic mass is 9.98. The molecule has 2 heteroatoms. The van der Waals surface area contributed by atoms with E-state index in [1.165, 1.54) is 0 Å². The average molecular weight is 214 g/mol. The van der Waals surface area contributed by atoms with E-state index in [0.29, 0.717) is 12.0 Å². The summed E-state index contributed by atoms with van der Waals surface area (Å²) in [6.07, 6.45) is 5.57. The molecule has 0 amide bonds. The van der Waals surface area contributed by atoms with E-state index < -0.39 is 0 Å². The zero-order valence-electron chi connectivity index (χ0n) is 10.7. The Morgan fingerprint density at radius 2 is 2.00 bits per heavy atom. The lowest BCUT2D eigenvalue weighted by Gasteiger charge is -2.25. The molecule has 0 aromatic carbocycles. The van der Waals surface area contributed by atoms with Crippen LogP contribution < -0.4 is 0 Å². The number of methoxy groups -OCH3 is 1. The molecule has 0 unspecified atom stereocenters. The van der Waals surface area contributed by atoms with Gasteiger partial charge < -0.3 is 9.47 Å². The molecule has 0 saturated carbocycles. The first-order valence-electron chi connectivity index (χ1n) is 5.96. The summed E-state index contributed by atoms with van der Waals surface area (Å²) in [4.78, 5) is 0. The summed E-state index contributed by atoms with van der Waals surface area (Å²) < 4.78 is 11.2. The Kier molecular flexibility index (Phi) is 8.73. The van der Waals surface area contributed by atoms with Gasteiger partial charge in [-0.05, 0) is 12.8 Å². The van der Waals surface area contributed by atoms with Crippen molar-refractivity contribution in [1.82, 2.24) is 0 Å². The highest BCUT2D eigenvalue weighted by molar-refractivity contribution is 4.83. The molecule has 0 saturated heterocycles. The van der Waals surface area contributed by atoms with Gasteiger partial charge in [0, 0.05) is 26.1 Å². The third kappa shape index (κ3) is 5.95. The van der Waals surface area contributed by atoms with Gasteiger partial charge in [0.15, 0.2) is 0 Å². The van der Waals surface area contributed by atoms with E-state index in [1.54, 1.807) is 7.11 Å². The van der Waals surface area contributed by atoms with E-state index in [9.17, 15) is 0 Å². The van der Waals surface area contributed by atoms with Gasteiger partial charge in [0.05, 0.1) is 12.2 Å². The van der Waals surface area contributed by atoms with Crippen molar-refractivity contribution < 1.29 is 9.47 Å². The van der Waals surface area contributed by atoms with Crippen LogP contribution in [0.4, 0.5) is 0 Å². The molecule has 0 aromatic heterocycles. The molecule has 0 heterocycles. The molecule has 2 nitrogen and oxygen atoms in total. The SMILES string of the molecule is C=C[C@H](C)[C@H](C[C@@H](CC)OCCC)OC. The summed E-state index contributed by atoms with van der Waals surface area (Å²) >= 11 is 0. The van der Waals surface area contributed by atoms with Crippen LogP contribution in [0.25, 0.3) is 0 Å². The smallest absolute Gasteiger partial charge is 0.0655 e. The maximum Gasteiger partial charge on any atom is 0.0655 e. The van der Waals surface area contributed by atoms with E-state index >= 15 is 0 Å². The molecule has 0 N–H and O–H groups in total. The first-order valence-corrected chi connectivity index (χ1v) is 5.96. The van der Waals surface area contributed by atoms with Crippen LogP contribution in [0.1, 0.15) is 40.0 Å². The molecule has 15 heavy (non-hydrogen) atoms. The van der Waals surface area contributed by atoms with Crippen molar-refractivity contribution in [3.63, 3.8) is 0 Å². The Labute approximate surface area is 94.7 Å². The van der Waals surface area contributed by atoms with Gasteiger partial charge in [-0.15, -0.1) is 6.58 Å². The molecule has 0 bridgehead atoms. The summed E-state index contributed by atoms with van der Waals surface area (Å²) in [5.41, 5.74) is 0. The number of hydrogen-bond acceptors (Lipinski definition) is 2. The summed E-state index contributed by atoms with van der Waals surface area (Å²) in [5.74, 6) is 0.384. The number of hydrogen-bond donors (Lipinski definition) is 0. The van der Waals surface area contributed by atoms with Gasteiger partial charge in [0.2, 0.25) is 0 Å². The fourth-order valence-corrected chi connectivity index (χ4v) is 1.57. The lowest BCUT2D eigenvalue weighted by molar-refractivity contribution is -0.0137. The van der Waals surface area contributed by atoms with Crippen molar-refractivity contribution >= 4 is 0 Å². The average Bonchev–Trinajstić information content (AvgIpc) is 2.28. The van der Waals surface area contributed by atoms with Gasteiger partial charge in [0.25, 0.3) is 0 Å². The summed E-state index contributed by atoms with van der Waals surface area (Å²) in [7, 11) is 1.76. The largest absolute Gasteiger partial charge is 0.381 e. The van der Waals surface area contributed by atoms with Crippen LogP contribution in [0.3, 0.4) is 0 Å². The third-order valence-electron chi connectivity index (χ3n) is 2.77. The van der Waals surface area contributed by atoms with Crippen LogP contribution in [0.2, 0.25) is 0 Å². The minimum absolute atomic E-state index is 0.226. The van der Waals surface area contributed by atoms with Gasteiger partial charge >= 0.3 is 0 Å². The minimum atomic E-state index is 0.226. The Morgan fingerprint density at radius 1 is 1.33 bits per heavy atom. The predicted molar refractivity (Wildman–Crippen MR) is 65.1 cm³/mol. The topological polar surface area (TPSA) is 18.5 Å². The summed E-state index contributed by atoms with van der Waals surface area (Å²) in [5, 5.41) is 0. The Morgan fingerprint density at radius 3 is 2.40 bits per heavy atom. The fraction of sp³-hybridized carbons (Fsp3) is 0.846. The molecule has 0 fully saturated rings. The molecule has 0 spiro atoms. The zero-order chi connectivity index (χ0) is 11.7. The van der Waals surface area contributed by atoms with E-state index in [4.69, 9.17) is 9.47 Å². The number of rotatable bonds is 9. The van der Waals surface area contributed by atoms with Gasteiger partial charge in [-0.3, -0.25) is 0 Å². The highest BCUT2D eigenvalue weighted by Gasteiger charge is 2.19. The van der Waals surface area contributed by atoms with Crippen LogP contribution in [-0.2, 0) is 9.47 Å². The molecular formula is C13H26O2. The van der Waals surface area contributed by atoms with Crippen molar-refractivity contribution in [3.05, 3.63) is 12.7 Å². The van der Waals surface area contributed by atoms with Crippen molar-refractivity contribution in [3.8, 4) is 0 Å². The highest BCUT2D eigenvalue weighted by Crippen LogP contribution is 2.17. The lowest BCUT2D eigenvalue weighted by Crippen LogP contribution is -2.26. The minimum Gasteiger partial charge on any atom is -0.381 e. The molecule has 0 aromatic rings. The molecule has 0 aliphatic carbocycles. The Bertz CT molecular complexity index is 157. The van der Waals surface area contributed by atoms with Gasteiger partial charge in [0.1, 0.15) is 0 Å². The maximum atomic E-state index is 5.75. The molecular weight excluding hydrogens is 188 g/mol. The van der Waals surface area contributed by atoms with Crippen LogP contribution >= 0.6 is 0 Å². The maximum absolute atomic E-state index is 5.75. The number of ether oxygens (including phenoxy) is 2. The summed E-state index contributed by atoms with van der Waals surface area (Å²) in [6.45, 7) is 11.1. The van der Waals surface area contributed by atoms with Crippen molar-refractivity contribution in [2.45, 2.75) is 52.2 Å². The molecule has 0 aliphatic heterocycles. The van der Waals surface area contributed by atoms with Crippen molar-refractivity contribution in [2.24, 2.45) is 5.92 Å². The summed E-state index contributed by atoms with van der Waals surface area (Å²) in [6, 6.07) is 0. The second kappa shape index (κ2) is 8.93. The van der Waals surface area contributed by atoms with Gasteiger partial charge in [-0.25, -0.2) is 0 Å². The van der Waals surface area contributed by atoms with Gasteiger partial charge in [-0.1, -0.05) is 26.8 Å². The van der Waals surface area contributed by atoms with Crippen LogP contribution in [-0.4, -0.2) is 25.9 Å². The standard InChI is InChI=1S/C13H26O2/c1-6-9-15-12(8-3)10-13(14-5)11(4)7-2/h7,11-13H,2,6,8-10H2,1,3-5H3/t11-,12+,13-/m0/s1. The van der Waals surface area contributed by atoms with E-state index in [1.807, 2.05) is 6.08 Å². The molecule has 0 aliphatic rings. The van der Waals surface area contributed by atoms with Crippen LogP contribution in [0.5, 0.6) is 0 Å². The van der Waals surface area contributed by atoms with Crippen molar-refractivity contribution in [1.29, 1.82) is 0 Å². The third-order valence-corrected chi connectivity index (χ3v) is 2.77. The molecule has 90 valence electrons. The van der Waals surface area contributed by atoms with Gasteiger partial charge in [-0.2, -0.15) is 0 Å². The van der Waals surface area contributed by atoms with Crippen LogP contribution in [0, 0.1) is 5.92 Å². The molecule has 0 rings (SSSR count). The van der Waals surface area contributed by atoms with E-state index in [-0.39, 0.29) is 6.10 Å². The molecule has 0 radical (unpaired) electrons. The second-order valence-electron chi connectivity index (χ2n) is 4.01. The van der Waals surface area contributed by atoms with E-state index in [0.717, 1.165) is 25.9 Å². The highest BCUT2D eigenvalue weighted by atomic mass is 16.5. The van der Waals surface area contributed by atoms with Crippen LogP contribution in [0.15, 0.2) is 12.7 Å². The zero-order valence-corrected chi connectivity index (χ0v) is 10.7. The van der Waals surface area contributed by atoms with Crippen molar-refractivity contribution in [2.75, 3.05) is 13.7 Å². The van der Waals surface area contributed by atoms with E-state index in [2.05, 4.69) is 27.4 Å². The fourth-order valence-electron chi connectivity index (χ4n) is 1.57. The Balaban J connectivity index is 4.04. The first-order chi connectivity index (χ1) is 7.19.